The molecule has 4 aromatic rings. The summed E-state index contributed by atoms with van der Waals surface area (Å²) < 4.78 is 70.9. The van der Waals surface area contributed by atoms with Crippen molar-refractivity contribution in [2.24, 2.45) is 0 Å². The summed E-state index contributed by atoms with van der Waals surface area (Å²) in [5.41, 5.74) is -1.15. The van der Waals surface area contributed by atoms with Crippen LogP contribution in [0.2, 0.25) is 0 Å². The SMILES string of the molecule is CC1OC(Oc2cc(O)c3c(=O)c(OC4OC(C)C(O)C(OC5OC(COC(=O)C=Cc6ccc(O)cc6)C(OC6OC(CO)C(O)C(O)C6O)C(O)C5O)C4OC4OC(CO)C(O)C(O)C4O)c(-c4ccc(O)cc4)oc3c2)C(O)C(O)C1O. The quantitative estimate of drug-likeness (QED) is 0.0347. The number of phenolic OH excluding ortho intramolecular Hbond substituents is 3. The maximum absolute atomic E-state index is 14.9. The zero-order valence-corrected chi connectivity index (χ0v) is 44.8. The molecule has 0 spiro atoms. The number of benzene rings is 3. The molecule has 0 aliphatic carbocycles. The first-order chi connectivity index (χ1) is 40.4. The summed E-state index contributed by atoms with van der Waals surface area (Å²) in [5.74, 6) is -3.78. The first-order valence-electron chi connectivity index (χ1n) is 26.6. The van der Waals surface area contributed by atoms with Gasteiger partial charge in [0.25, 0.3) is 0 Å². The minimum Gasteiger partial charge on any atom is -0.508 e. The standard InChI is InChI=1S/C54H66O31/c1-18-32(61)37(66)41(70)50(75-18)77-24-13-25(59)31-26(14-24)78-45(21-6-10-23(58)11-7-21)48(36(31)65)84-54-49(85-52-43(72)39(68)35(64)28(16-56)80-52)47(33(62)19(2)76-54)83-53-44(73)40(69)46(82-51-42(71)38(67)34(63)27(15-55)79-51)29(81-53)17-74-30(60)12-5-20-3-8-22(57)9-4-20/h3-14,18-19,27-29,32-35,37-44,46-47,49-59,61-64,66-73H,15-17H2,1-2H3. The van der Waals surface area contributed by atoms with E-state index in [1.54, 1.807) is 0 Å². The summed E-state index contributed by atoms with van der Waals surface area (Å²) in [4.78, 5) is 28.1. The van der Waals surface area contributed by atoms with Crippen molar-refractivity contribution < 1.29 is 148 Å². The van der Waals surface area contributed by atoms with Gasteiger partial charge in [0.05, 0.1) is 25.4 Å². The highest BCUT2D eigenvalue weighted by Crippen LogP contribution is 2.41. The average Bonchev–Trinajstić information content (AvgIpc) is 1.53. The third-order valence-corrected chi connectivity index (χ3v) is 15.0. The Bertz CT molecular complexity index is 2980. The van der Waals surface area contributed by atoms with E-state index in [4.69, 9.17) is 56.5 Å². The van der Waals surface area contributed by atoms with E-state index in [1.165, 1.54) is 68.5 Å². The highest BCUT2D eigenvalue weighted by Gasteiger charge is 2.56. The Morgan fingerprint density at radius 3 is 1.60 bits per heavy atom. The van der Waals surface area contributed by atoms with Gasteiger partial charge in [-0.1, -0.05) is 12.1 Å². The monoisotopic (exact) mass is 1210 g/mol. The lowest BCUT2D eigenvalue weighted by Gasteiger charge is -2.49. The molecule has 0 radical (unpaired) electrons. The van der Waals surface area contributed by atoms with Crippen molar-refractivity contribution >= 4 is 23.0 Å². The molecule has 1 aromatic heterocycles. The maximum atomic E-state index is 14.9. The Morgan fingerprint density at radius 2 is 1.01 bits per heavy atom. The van der Waals surface area contributed by atoms with E-state index in [-0.39, 0.29) is 22.8 Å². The molecule has 468 valence electrons. The third-order valence-electron chi connectivity index (χ3n) is 15.0. The second-order valence-corrected chi connectivity index (χ2v) is 20.8. The Kier molecular flexibility index (Phi) is 20.0. The van der Waals surface area contributed by atoms with Gasteiger partial charge in [-0.2, -0.15) is 0 Å². The van der Waals surface area contributed by atoms with E-state index in [0.717, 1.165) is 18.2 Å². The minimum absolute atomic E-state index is 0.00605. The van der Waals surface area contributed by atoms with Crippen molar-refractivity contribution in [2.75, 3.05) is 19.8 Å². The number of aliphatic hydroxyl groups is 14. The Labute approximate surface area is 479 Å². The van der Waals surface area contributed by atoms with Crippen LogP contribution in [0, 0.1) is 0 Å². The van der Waals surface area contributed by atoms with Crippen molar-refractivity contribution in [3.63, 3.8) is 0 Å². The Balaban J connectivity index is 1.08. The van der Waals surface area contributed by atoms with E-state index in [1.807, 2.05) is 0 Å². The first-order valence-corrected chi connectivity index (χ1v) is 26.6. The number of aliphatic hydroxyl groups excluding tert-OH is 14. The van der Waals surface area contributed by atoms with E-state index >= 15 is 0 Å². The predicted octanol–water partition coefficient (Wildman–Crippen LogP) is -5.27. The van der Waals surface area contributed by atoms with Crippen molar-refractivity contribution in [1.82, 2.24) is 0 Å². The zero-order valence-electron chi connectivity index (χ0n) is 44.8. The first kappa shape index (κ1) is 63.7. The smallest absolute Gasteiger partial charge is 0.330 e. The Hall–Kier alpha value is -5.80. The molecule has 5 saturated heterocycles. The zero-order chi connectivity index (χ0) is 61.5. The summed E-state index contributed by atoms with van der Waals surface area (Å²) in [5, 5.41) is 183. The number of hydrogen-bond donors (Lipinski definition) is 17. The molecule has 25 atom stereocenters. The van der Waals surface area contributed by atoms with Crippen LogP contribution in [0.3, 0.4) is 0 Å². The van der Waals surface area contributed by atoms with Crippen LogP contribution in [0.4, 0.5) is 0 Å². The lowest BCUT2D eigenvalue weighted by molar-refractivity contribution is -0.391. The van der Waals surface area contributed by atoms with Crippen molar-refractivity contribution in [1.29, 1.82) is 0 Å². The number of carbonyl (C=O) groups is 1. The van der Waals surface area contributed by atoms with E-state index in [9.17, 15) is 96.4 Å². The summed E-state index contributed by atoms with van der Waals surface area (Å²) in [6.07, 6.45) is -45.2. The number of carbonyl (C=O) groups excluding carboxylic acids is 1. The summed E-state index contributed by atoms with van der Waals surface area (Å²) in [7, 11) is 0. The number of fused-ring (bicyclic) bond motifs is 1. The summed E-state index contributed by atoms with van der Waals surface area (Å²) in [6.45, 7) is -0.119. The van der Waals surface area contributed by atoms with Gasteiger partial charge in [0.15, 0.2) is 30.7 Å². The van der Waals surface area contributed by atoms with Crippen molar-refractivity contribution in [3.8, 4) is 40.1 Å². The predicted molar refractivity (Wildman–Crippen MR) is 276 cm³/mol. The van der Waals surface area contributed by atoms with Gasteiger partial charge in [-0.05, 0) is 61.9 Å². The van der Waals surface area contributed by atoms with Gasteiger partial charge < -0.3 is 143 Å². The molecule has 85 heavy (non-hydrogen) atoms. The van der Waals surface area contributed by atoms with Gasteiger partial charge >= 0.3 is 5.97 Å². The van der Waals surface area contributed by atoms with Gasteiger partial charge in [0.1, 0.15) is 144 Å². The second kappa shape index (κ2) is 26.7. The molecular weight excluding hydrogens is 1140 g/mol. The van der Waals surface area contributed by atoms with E-state index < -0.39 is 213 Å². The number of rotatable bonds is 17. The molecule has 5 aliphatic heterocycles. The number of esters is 1. The number of ether oxygens (including phenoxy) is 11. The highest BCUT2D eigenvalue weighted by atomic mass is 16.8. The van der Waals surface area contributed by atoms with Gasteiger partial charge in [0, 0.05) is 23.8 Å². The van der Waals surface area contributed by atoms with Crippen LogP contribution in [0.15, 0.2) is 76.0 Å². The largest absolute Gasteiger partial charge is 0.508 e. The molecule has 9 rings (SSSR count). The molecule has 0 amide bonds. The van der Waals surface area contributed by atoms with Crippen LogP contribution in [-0.4, -0.2) is 266 Å². The maximum Gasteiger partial charge on any atom is 0.330 e. The lowest BCUT2D eigenvalue weighted by Crippen LogP contribution is -2.68. The second-order valence-electron chi connectivity index (χ2n) is 20.8. The molecule has 31 heteroatoms. The topological polar surface area (TPSA) is 493 Å². The molecule has 17 N–H and O–H groups in total. The molecule has 3 aromatic carbocycles. The van der Waals surface area contributed by atoms with E-state index in [2.05, 4.69) is 0 Å². The van der Waals surface area contributed by atoms with Crippen LogP contribution in [0.1, 0.15) is 19.4 Å². The molecule has 5 aliphatic rings. The van der Waals surface area contributed by atoms with Crippen molar-refractivity contribution in [3.05, 3.63) is 82.5 Å². The summed E-state index contributed by atoms with van der Waals surface area (Å²) >= 11 is 0. The fraction of sp³-hybridized carbons (Fsp3) is 0.556. The molecule has 0 bridgehead atoms. The van der Waals surface area contributed by atoms with Crippen LogP contribution in [-0.2, 0) is 47.4 Å². The normalized spacial score (nSPS) is 38.9. The third kappa shape index (κ3) is 13.4. The van der Waals surface area contributed by atoms with Crippen LogP contribution in [0.25, 0.3) is 28.4 Å². The van der Waals surface area contributed by atoms with E-state index in [0.29, 0.717) is 5.56 Å². The van der Waals surface area contributed by atoms with Crippen LogP contribution < -0.4 is 14.9 Å². The van der Waals surface area contributed by atoms with Gasteiger partial charge in [0.2, 0.25) is 23.8 Å². The fourth-order valence-corrected chi connectivity index (χ4v) is 10.1. The summed E-state index contributed by atoms with van der Waals surface area (Å²) in [6, 6.07) is 12.6. The van der Waals surface area contributed by atoms with Crippen LogP contribution in [0.5, 0.6) is 28.7 Å². The minimum atomic E-state index is -2.31. The number of aromatic hydroxyl groups is 3. The Morgan fingerprint density at radius 1 is 0.518 bits per heavy atom. The molecule has 25 unspecified atom stereocenters. The highest BCUT2D eigenvalue weighted by molar-refractivity contribution is 5.88. The molecular formula is C54H66O31. The van der Waals surface area contributed by atoms with Crippen molar-refractivity contribution in [2.45, 2.75) is 167 Å². The lowest BCUT2D eigenvalue weighted by atomic mass is 9.95. The van der Waals surface area contributed by atoms with Gasteiger partial charge in [-0.3, -0.25) is 4.79 Å². The molecule has 5 fully saturated rings. The molecule has 0 saturated carbocycles. The van der Waals surface area contributed by atoms with Gasteiger partial charge in [-0.15, -0.1) is 0 Å². The van der Waals surface area contributed by atoms with Crippen LogP contribution >= 0.6 is 0 Å². The fourth-order valence-electron chi connectivity index (χ4n) is 10.1. The number of phenols is 3. The van der Waals surface area contributed by atoms with Gasteiger partial charge in [-0.25, -0.2) is 4.79 Å². The average molecular weight is 1210 g/mol. The molecule has 31 nitrogen and oxygen atoms in total. The number of hydrogen-bond acceptors (Lipinski definition) is 31. The molecule has 6 heterocycles.